The number of carbonyl (C=O) groups excluding carboxylic acids is 1. The van der Waals surface area contributed by atoms with Gasteiger partial charge < -0.3 is 15.0 Å². The van der Waals surface area contributed by atoms with Gasteiger partial charge in [0.2, 0.25) is 6.33 Å². The molecule has 0 aliphatic carbocycles. The molecular weight excluding hydrogens is 322 g/mol. The van der Waals surface area contributed by atoms with Gasteiger partial charge in [-0.05, 0) is 13.8 Å². The Morgan fingerprint density at radius 1 is 1.36 bits per heavy atom. The van der Waals surface area contributed by atoms with E-state index in [1.807, 2.05) is 17.8 Å². The number of hydrogen-bond acceptors (Lipinski definition) is 3. The average molecular weight is 338 g/mol. The van der Waals surface area contributed by atoms with E-state index in [1.54, 1.807) is 0 Å². The number of halogens is 6. The van der Waals surface area contributed by atoms with Crippen molar-refractivity contribution in [3.05, 3.63) is 18.7 Å². The summed E-state index contributed by atoms with van der Waals surface area (Å²) in [6.45, 7) is 4.15. The van der Waals surface area contributed by atoms with Gasteiger partial charge in [-0.1, -0.05) is 0 Å². The van der Waals surface area contributed by atoms with E-state index in [0.29, 0.717) is 0 Å². The second kappa shape index (κ2) is 9.28. The number of hydrogen-bond donors (Lipinski definition) is 1. The van der Waals surface area contributed by atoms with Gasteiger partial charge in [-0.2, -0.15) is 17.6 Å². The van der Waals surface area contributed by atoms with E-state index in [-0.39, 0.29) is 0 Å². The van der Waals surface area contributed by atoms with Crippen LogP contribution in [0.25, 0.3) is 0 Å². The summed E-state index contributed by atoms with van der Waals surface area (Å²) in [4.78, 5) is 8.89. The van der Waals surface area contributed by atoms with Crippen molar-refractivity contribution in [1.29, 1.82) is 0 Å². The summed E-state index contributed by atoms with van der Waals surface area (Å²) in [6, 6.07) is 0. The number of nitrogens with zero attached hydrogens (tertiary/aromatic N) is 2. The molecule has 1 atom stereocenters. The lowest BCUT2D eigenvalue weighted by atomic mass is 10.3. The smallest absolute Gasteiger partial charge is 0.454 e. The Kier molecular flexibility index (Phi) is 9.49. The number of rotatable bonds is 2. The van der Waals surface area contributed by atoms with E-state index < -0.39 is 24.4 Å². The Hall–Kier alpha value is -1.78. The van der Waals surface area contributed by atoms with Crippen LogP contribution < -0.4 is 9.67 Å². The highest BCUT2D eigenvalue weighted by Gasteiger charge is 2.62. The highest BCUT2D eigenvalue weighted by atomic mass is 19.4. The molecule has 1 aromatic rings. The van der Waals surface area contributed by atoms with Crippen LogP contribution in [-0.2, 0) is 18.4 Å². The Morgan fingerprint density at radius 2 is 1.77 bits per heavy atom. The van der Waals surface area contributed by atoms with Crippen LogP contribution in [0.2, 0.25) is 0 Å². The number of aliphatic hydroxyl groups is 1. The van der Waals surface area contributed by atoms with Gasteiger partial charge in [0.05, 0.1) is 13.6 Å². The molecule has 0 bridgehead atoms. The minimum absolute atomic E-state index is 0.972. The number of aryl methyl sites for hydroxylation is 2. The molecule has 0 spiro atoms. The van der Waals surface area contributed by atoms with Gasteiger partial charge in [-0.15, -0.1) is 0 Å². The quantitative estimate of drug-likeness (QED) is 0.633. The van der Waals surface area contributed by atoms with Crippen LogP contribution in [0, 0.1) is 0 Å². The summed E-state index contributed by atoms with van der Waals surface area (Å²) in [5.74, 6) is -6.48. The average Bonchev–Trinajstić information content (AvgIpc) is 2.73. The van der Waals surface area contributed by atoms with Crippen LogP contribution >= 0.6 is 0 Å². The monoisotopic (exact) mass is 338 g/mol. The maximum absolute atomic E-state index is 11.4. The van der Waals surface area contributed by atoms with Crippen molar-refractivity contribution in [3.8, 4) is 0 Å². The second-order valence-electron chi connectivity index (χ2n) is 3.87. The Labute approximate surface area is 122 Å². The normalized spacial score (nSPS) is 13.4. The van der Waals surface area contributed by atoms with Gasteiger partial charge in [0, 0.05) is 5.97 Å². The first-order valence-corrected chi connectivity index (χ1v) is 5.70. The van der Waals surface area contributed by atoms with E-state index in [9.17, 15) is 26.3 Å². The molecule has 130 valence electrons. The standard InChI is InChI=1S/C6H11N2.C3H2F6O.C2H4O2/c1-3-8-5-4-7(2)6-8;4-1(5)2(6,10)3(7,8)9;1-2(3)4/h4-6H,3H2,1-2H3;1,10H;1H3,(H,3,4)/q+1;;/p-1. The molecule has 1 heterocycles. The molecule has 1 aromatic heterocycles. The molecule has 0 aromatic carbocycles. The molecule has 0 fully saturated rings. The zero-order valence-electron chi connectivity index (χ0n) is 11.9. The lowest BCUT2D eigenvalue weighted by Gasteiger charge is -2.20. The summed E-state index contributed by atoms with van der Waals surface area (Å²) in [6.07, 6.45) is -4.28. The van der Waals surface area contributed by atoms with E-state index in [4.69, 9.17) is 15.0 Å². The van der Waals surface area contributed by atoms with Crippen LogP contribution in [0.1, 0.15) is 13.8 Å². The van der Waals surface area contributed by atoms with Crippen molar-refractivity contribution < 1.29 is 45.9 Å². The minimum atomic E-state index is -5.94. The van der Waals surface area contributed by atoms with E-state index in [1.165, 1.54) is 0 Å². The summed E-state index contributed by atoms with van der Waals surface area (Å²) in [7, 11) is 2.02. The topological polar surface area (TPSA) is 69.2 Å². The summed E-state index contributed by atoms with van der Waals surface area (Å²) < 4.78 is 70.4. The molecule has 1 rings (SSSR count). The third-order valence-corrected chi connectivity index (χ3v) is 1.88. The number of carboxylic acids is 1. The molecule has 0 amide bonds. The van der Waals surface area contributed by atoms with Crippen molar-refractivity contribution in [2.24, 2.45) is 7.05 Å². The molecular formula is C11H16F6N2O3. The van der Waals surface area contributed by atoms with Gasteiger partial charge >= 0.3 is 18.5 Å². The van der Waals surface area contributed by atoms with Crippen molar-refractivity contribution in [3.63, 3.8) is 0 Å². The van der Waals surface area contributed by atoms with Crippen molar-refractivity contribution >= 4 is 5.97 Å². The second-order valence-corrected chi connectivity index (χ2v) is 3.87. The molecule has 0 aliphatic rings. The molecule has 0 saturated heterocycles. The van der Waals surface area contributed by atoms with Gasteiger partial charge in [0.1, 0.15) is 12.4 Å². The molecule has 1 N–H and O–H groups in total. The lowest BCUT2D eigenvalue weighted by Crippen LogP contribution is -2.47. The van der Waals surface area contributed by atoms with E-state index in [0.717, 1.165) is 13.5 Å². The van der Waals surface area contributed by atoms with Crippen LogP contribution in [-0.4, -0.2) is 34.1 Å². The predicted octanol–water partition coefficient (Wildman–Crippen LogP) is 0.561. The first-order valence-electron chi connectivity index (χ1n) is 5.70. The van der Waals surface area contributed by atoms with Gasteiger partial charge in [0.25, 0.3) is 0 Å². The molecule has 0 saturated carbocycles. The van der Waals surface area contributed by atoms with E-state index in [2.05, 4.69) is 24.0 Å². The number of carboxylic acid groups (broad SMARTS) is 1. The predicted molar refractivity (Wildman–Crippen MR) is 60.1 cm³/mol. The molecule has 1 unspecified atom stereocenters. The first-order chi connectivity index (χ1) is 9.75. The lowest BCUT2D eigenvalue weighted by molar-refractivity contribution is -0.671. The third kappa shape index (κ3) is 9.21. The Balaban J connectivity index is 0. The summed E-state index contributed by atoms with van der Waals surface area (Å²) >= 11 is 0. The highest BCUT2D eigenvalue weighted by molar-refractivity contribution is 5.60. The summed E-state index contributed by atoms with van der Waals surface area (Å²) in [5.41, 5.74) is 0. The molecule has 5 nitrogen and oxygen atoms in total. The summed E-state index contributed by atoms with van der Waals surface area (Å²) in [5, 5.41) is 16.3. The van der Waals surface area contributed by atoms with Gasteiger partial charge in [0.15, 0.2) is 0 Å². The van der Waals surface area contributed by atoms with Crippen LogP contribution in [0.4, 0.5) is 26.3 Å². The van der Waals surface area contributed by atoms with E-state index >= 15 is 0 Å². The molecule has 0 radical (unpaired) electrons. The number of alkyl halides is 6. The first kappa shape index (κ1) is 22.5. The number of imidazole rings is 1. The fourth-order valence-electron chi connectivity index (χ4n) is 0.812. The van der Waals surface area contributed by atoms with Crippen molar-refractivity contribution in [2.75, 3.05) is 0 Å². The van der Waals surface area contributed by atoms with Crippen LogP contribution in [0.3, 0.4) is 0 Å². The highest BCUT2D eigenvalue weighted by Crippen LogP contribution is 2.36. The van der Waals surface area contributed by atoms with Gasteiger partial charge in [-0.3, -0.25) is 0 Å². The number of carbonyl (C=O) groups is 1. The van der Waals surface area contributed by atoms with Crippen LogP contribution in [0.15, 0.2) is 18.7 Å². The molecule has 0 aliphatic heterocycles. The maximum Gasteiger partial charge on any atom is 0.454 e. The zero-order chi connectivity index (χ0) is 18.1. The number of aromatic nitrogens is 2. The fourth-order valence-corrected chi connectivity index (χ4v) is 0.812. The van der Waals surface area contributed by atoms with Crippen molar-refractivity contribution in [1.82, 2.24) is 4.57 Å². The maximum atomic E-state index is 11.4. The minimum Gasteiger partial charge on any atom is -0.550 e. The molecule has 22 heavy (non-hydrogen) atoms. The zero-order valence-corrected chi connectivity index (χ0v) is 11.9. The van der Waals surface area contributed by atoms with Crippen molar-refractivity contribution in [2.45, 2.75) is 38.8 Å². The number of aliphatic carboxylic acids is 1. The molecule has 11 heteroatoms. The SMILES string of the molecule is CC(=O)[O-].CCn1cc[n+](C)c1.OC(F)(C(F)F)C(F)(F)F. The largest absolute Gasteiger partial charge is 0.550 e. The van der Waals surface area contributed by atoms with Gasteiger partial charge in [-0.25, -0.2) is 17.9 Å². The fraction of sp³-hybridized carbons (Fsp3) is 0.636. The Bertz CT molecular complexity index is 441. The third-order valence-electron chi connectivity index (χ3n) is 1.88. The Morgan fingerprint density at radius 3 is 1.86 bits per heavy atom. The van der Waals surface area contributed by atoms with Crippen LogP contribution in [0.5, 0.6) is 0 Å².